The Morgan fingerprint density at radius 3 is 2.89 bits per heavy atom. The number of hydrogen-bond donors (Lipinski definition) is 1. The van der Waals surface area contributed by atoms with E-state index in [0.29, 0.717) is 23.9 Å². The lowest BCUT2D eigenvalue weighted by Gasteiger charge is -2.37. The average molecular weight is 283 g/mol. The maximum absolute atomic E-state index is 12.4. The minimum atomic E-state index is -0.468. The fourth-order valence-corrected chi connectivity index (χ4v) is 3.12. The Balaban J connectivity index is 2.14. The van der Waals surface area contributed by atoms with Gasteiger partial charge in [-0.2, -0.15) is 0 Å². The third kappa shape index (κ3) is 2.93. The molecule has 0 radical (unpaired) electrons. The molecule has 2 atom stereocenters. The monoisotopic (exact) mass is 283 g/mol. The van der Waals surface area contributed by atoms with E-state index in [9.17, 15) is 14.9 Å². The molecule has 0 aliphatic carbocycles. The summed E-state index contributed by atoms with van der Waals surface area (Å²) in [7, 11) is 0. The summed E-state index contributed by atoms with van der Waals surface area (Å²) < 4.78 is 0. The summed E-state index contributed by atoms with van der Waals surface area (Å²) in [6.07, 6.45) is 1.97. The summed E-state index contributed by atoms with van der Waals surface area (Å²) in [4.78, 5) is 24.8. The van der Waals surface area contributed by atoms with Crippen LogP contribution in [0.5, 0.6) is 0 Å². The molecule has 6 nitrogen and oxygen atoms in total. The zero-order chi connectivity index (χ0) is 14.0. The molecule has 0 aromatic carbocycles. The molecule has 0 saturated carbocycles. The van der Waals surface area contributed by atoms with Gasteiger partial charge in [0.1, 0.15) is 0 Å². The van der Waals surface area contributed by atoms with Crippen LogP contribution in [0, 0.1) is 16.0 Å². The van der Waals surface area contributed by atoms with Crippen LogP contribution in [-0.2, 0) is 0 Å². The Morgan fingerprint density at radius 2 is 2.32 bits per heavy atom. The van der Waals surface area contributed by atoms with Crippen molar-refractivity contribution < 1.29 is 9.72 Å². The first-order chi connectivity index (χ1) is 9.02. The number of piperidine rings is 1. The smallest absolute Gasteiger partial charge is 0.324 e. The Kier molecular flexibility index (Phi) is 4.16. The fraction of sp³-hybridized carbons (Fsp3) is 0.583. The predicted octanol–water partition coefficient (Wildman–Crippen LogP) is 1.86. The first-order valence-corrected chi connectivity index (χ1v) is 7.09. The number of likely N-dealkylation sites (tertiary alicyclic amines) is 1. The van der Waals surface area contributed by atoms with Crippen molar-refractivity contribution in [3.8, 4) is 0 Å². The van der Waals surface area contributed by atoms with Gasteiger partial charge in [0, 0.05) is 18.7 Å². The van der Waals surface area contributed by atoms with Gasteiger partial charge in [-0.15, -0.1) is 0 Å². The number of rotatable bonds is 3. The molecule has 1 saturated heterocycles. The maximum Gasteiger partial charge on any atom is 0.324 e. The SMILES string of the molecule is CC1CCC(CN)CN1C(=O)c1ccc([N+](=O)[O-])s1. The second-order valence-corrected chi connectivity index (χ2v) is 5.94. The molecule has 7 heteroatoms. The molecule has 1 aromatic heterocycles. The summed E-state index contributed by atoms with van der Waals surface area (Å²) >= 11 is 0.932. The van der Waals surface area contributed by atoms with Crippen LogP contribution in [0.1, 0.15) is 29.4 Å². The predicted molar refractivity (Wildman–Crippen MR) is 73.3 cm³/mol. The zero-order valence-corrected chi connectivity index (χ0v) is 11.6. The van der Waals surface area contributed by atoms with Crippen LogP contribution in [0.2, 0.25) is 0 Å². The second kappa shape index (κ2) is 5.66. The molecular weight excluding hydrogens is 266 g/mol. The van der Waals surface area contributed by atoms with Crippen LogP contribution in [0.15, 0.2) is 12.1 Å². The van der Waals surface area contributed by atoms with Gasteiger partial charge in [0.25, 0.3) is 5.91 Å². The Morgan fingerprint density at radius 1 is 1.58 bits per heavy atom. The first kappa shape index (κ1) is 14.0. The molecule has 19 heavy (non-hydrogen) atoms. The van der Waals surface area contributed by atoms with Crippen LogP contribution >= 0.6 is 11.3 Å². The Labute approximate surface area is 115 Å². The quantitative estimate of drug-likeness (QED) is 0.677. The molecule has 1 amide bonds. The Bertz CT molecular complexity index is 488. The van der Waals surface area contributed by atoms with E-state index in [4.69, 9.17) is 5.73 Å². The molecule has 2 rings (SSSR count). The molecular formula is C12H17N3O3S. The highest BCUT2D eigenvalue weighted by Gasteiger charge is 2.30. The van der Waals surface area contributed by atoms with Crippen molar-refractivity contribution in [1.29, 1.82) is 0 Å². The third-order valence-corrected chi connectivity index (χ3v) is 4.58. The normalized spacial score (nSPS) is 23.4. The molecule has 2 heterocycles. The minimum Gasteiger partial charge on any atom is -0.335 e. The summed E-state index contributed by atoms with van der Waals surface area (Å²) in [6.45, 7) is 3.22. The molecule has 1 aliphatic rings. The van der Waals surface area contributed by atoms with E-state index in [1.165, 1.54) is 12.1 Å². The Hall–Kier alpha value is -1.47. The molecule has 0 bridgehead atoms. The van der Waals surface area contributed by atoms with Gasteiger partial charge in [-0.3, -0.25) is 14.9 Å². The van der Waals surface area contributed by atoms with Crippen molar-refractivity contribution in [2.45, 2.75) is 25.8 Å². The van der Waals surface area contributed by atoms with Crippen molar-refractivity contribution in [1.82, 2.24) is 4.90 Å². The van der Waals surface area contributed by atoms with Gasteiger partial charge >= 0.3 is 5.00 Å². The maximum atomic E-state index is 12.4. The van der Waals surface area contributed by atoms with Gasteiger partial charge in [0.2, 0.25) is 0 Å². The average Bonchev–Trinajstić information content (AvgIpc) is 2.88. The van der Waals surface area contributed by atoms with Crippen LogP contribution < -0.4 is 5.73 Å². The van der Waals surface area contributed by atoms with Gasteiger partial charge in [0.05, 0.1) is 9.80 Å². The topological polar surface area (TPSA) is 89.5 Å². The minimum absolute atomic E-state index is 0.00314. The number of carbonyl (C=O) groups is 1. The molecule has 1 fully saturated rings. The number of thiophene rings is 1. The lowest BCUT2D eigenvalue weighted by Crippen LogP contribution is -2.46. The number of amides is 1. The number of nitrogens with zero attached hydrogens (tertiary/aromatic N) is 2. The molecule has 104 valence electrons. The standard InChI is InChI=1S/C12H17N3O3S/c1-8-2-3-9(6-13)7-14(8)12(16)10-4-5-11(19-10)15(17)18/h4-5,8-9H,2-3,6-7,13H2,1H3. The molecule has 0 spiro atoms. The highest BCUT2D eigenvalue weighted by atomic mass is 32.1. The lowest BCUT2D eigenvalue weighted by molar-refractivity contribution is -0.380. The van der Waals surface area contributed by atoms with E-state index < -0.39 is 4.92 Å². The van der Waals surface area contributed by atoms with Gasteiger partial charge < -0.3 is 10.6 Å². The van der Waals surface area contributed by atoms with Gasteiger partial charge in [-0.1, -0.05) is 11.3 Å². The zero-order valence-electron chi connectivity index (χ0n) is 10.7. The molecule has 1 aliphatic heterocycles. The van der Waals surface area contributed by atoms with Crippen LogP contribution in [-0.4, -0.2) is 34.9 Å². The fourth-order valence-electron chi connectivity index (χ4n) is 2.34. The number of carbonyl (C=O) groups excluding carboxylic acids is 1. The van der Waals surface area contributed by atoms with Crippen molar-refractivity contribution in [2.75, 3.05) is 13.1 Å². The van der Waals surface area contributed by atoms with Crippen molar-refractivity contribution in [3.63, 3.8) is 0 Å². The lowest BCUT2D eigenvalue weighted by atomic mass is 9.93. The largest absolute Gasteiger partial charge is 0.335 e. The number of nitro groups is 1. The van der Waals surface area contributed by atoms with Gasteiger partial charge in [-0.25, -0.2) is 0 Å². The number of nitrogens with two attached hydrogens (primary N) is 1. The second-order valence-electron chi connectivity index (χ2n) is 4.88. The highest BCUT2D eigenvalue weighted by molar-refractivity contribution is 7.17. The summed E-state index contributed by atoms with van der Waals surface area (Å²) in [5, 5.41) is 10.7. The van der Waals surface area contributed by atoms with Gasteiger partial charge in [0.15, 0.2) is 0 Å². The third-order valence-electron chi connectivity index (χ3n) is 3.56. The van der Waals surface area contributed by atoms with Crippen LogP contribution in [0.3, 0.4) is 0 Å². The van der Waals surface area contributed by atoms with Crippen molar-refractivity contribution >= 4 is 22.2 Å². The van der Waals surface area contributed by atoms with E-state index in [2.05, 4.69) is 0 Å². The van der Waals surface area contributed by atoms with Crippen LogP contribution in [0.25, 0.3) is 0 Å². The molecule has 1 aromatic rings. The van der Waals surface area contributed by atoms with Crippen LogP contribution in [0.4, 0.5) is 5.00 Å². The molecule has 2 N–H and O–H groups in total. The first-order valence-electron chi connectivity index (χ1n) is 6.28. The van der Waals surface area contributed by atoms with Crippen molar-refractivity contribution in [3.05, 3.63) is 27.1 Å². The summed E-state index contributed by atoms with van der Waals surface area (Å²) in [6, 6.07) is 3.08. The van der Waals surface area contributed by atoms with E-state index in [1.54, 1.807) is 4.90 Å². The van der Waals surface area contributed by atoms with E-state index in [-0.39, 0.29) is 17.0 Å². The van der Waals surface area contributed by atoms with E-state index in [0.717, 1.165) is 24.2 Å². The van der Waals surface area contributed by atoms with Gasteiger partial charge in [-0.05, 0) is 38.3 Å². The van der Waals surface area contributed by atoms with Crippen molar-refractivity contribution in [2.24, 2.45) is 11.7 Å². The van der Waals surface area contributed by atoms with E-state index in [1.807, 2.05) is 6.92 Å². The van der Waals surface area contributed by atoms with E-state index >= 15 is 0 Å². The number of hydrogen-bond acceptors (Lipinski definition) is 5. The summed E-state index contributed by atoms with van der Waals surface area (Å²) in [5.41, 5.74) is 5.67. The highest BCUT2D eigenvalue weighted by Crippen LogP contribution is 2.28. The molecule has 2 unspecified atom stereocenters. The summed E-state index contributed by atoms with van der Waals surface area (Å²) in [5.74, 6) is 0.207.